The summed E-state index contributed by atoms with van der Waals surface area (Å²) in [7, 11) is 3.42. The highest BCUT2D eigenvalue weighted by molar-refractivity contribution is 5.42. The number of benzene rings is 1. The molecule has 0 saturated heterocycles. The van der Waals surface area contributed by atoms with Gasteiger partial charge in [-0.2, -0.15) is 0 Å². The number of methoxy groups -OCH3 is 2. The third-order valence-electron chi connectivity index (χ3n) is 4.75. The minimum atomic E-state index is 0.273. The van der Waals surface area contributed by atoms with Crippen molar-refractivity contribution in [3.63, 3.8) is 0 Å². The van der Waals surface area contributed by atoms with E-state index in [0.29, 0.717) is 0 Å². The molecule has 0 amide bonds. The number of nitrogens with one attached hydrogen (secondary N) is 1. The molecule has 0 spiro atoms. The Kier molecular flexibility index (Phi) is 5.92. The maximum absolute atomic E-state index is 5.48. The van der Waals surface area contributed by atoms with Crippen LogP contribution < -0.4 is 14.8 Å². The van der Waals surface area contributed by atoms with Crippen molar-refractivity contribution < 1.29 is 9.47 Å². The second kappa shape index (κ2) is 7.69. The maximum atomic E-state index is 5.48. The van der Waals surface area contributed by atoms with Crippen molar-refractivity contribution in [1.29, 1.82) is 0 Å². The molecule has 118 valence electrons. The van der Waals surface area contributed by atoms with Crippen molar-refractivity contribution in [1.82, 2.24) is 5.32 Å². The van der Waals surface area contributed by atoms with Crippen molar-refractivity contribution in [2.45, 2.75) is 45.6 Å². The Morgan fingerprint density at radius 2 is 1.86 bits per heavy atom. The van der Waals surface area contributed by atoms with Crippen LogP contribution >= 0.6 is 0 Å². The van der Waals surface area contributed by atoms with E-state index >= 15 is 0 Å². The summed E-state index contributed by atoms with van der Waals surface area (Å²) < 4.78 is 10.8. The molecule has 1 aliphatic rings. The lowest BCUT2D eigenvalue weighted by Gasteiger charge is -2.28. The first kappa shape index (κ1) is 16.2. The molecular weight excluding hydrogens is 262 g/mol. The van der Waals surface area contributed by atoms with E-state index in [-0.39, 0.29) is 6.04 Å². The van der Waals surface area contributed by atoms with Crippen LogP contribution in [0, 0.1) is 11.8 Å². The van der Waals surface area contributed by atoms with E-state index in [9.17, 15) is 0 Å². The molecule has 1 aliphatic carbocycles. The van der Waals surface area contributed by atoms with Crippen LogP contribution in [0.4, 0.5) is 0 Å². The summed E-state index contributed by atoms with van der Waals surface area (Å²) in [5.41, 5.74) is 1.17. The maximum Gasteiger partial charge on any atom is 0.123 e. The molecule has 1 fully saturated rings. The Morgan fingerprint density at radius 1 is 1.14 bits per heavy atom. The highest BCUT2D eigenvalue weighted by atomic mass is 16.5. The molecule has 1 atom stereocenters. The van der Waals surface area contributed by atoms with Crippen molar-refractivity contribution >= 4 is 0 Å². The van der Waals surface area contributed by atoms with Gasteiger partial charge in [-0.05, 0) is 56.3 Å². The van der Waals surface area contributed by atoms with E-state index in [1.165, 1.54) is 31.2 Å². The van der Waals surface area contributed by atoms with E-state index in [1.54, 1.807) is 14.2 Å². The van der Waals surface area contributed by atoms with Gasteiger partial charge in [0.05, 0.1) is 14.2 Å². The lowest BCUT2D eigenvalue weighted by Crippen LogP contribution is -2.28. The second-order valence-corrected chi connectivity index (χ2v) is 6.36. The molecule has 3 heteroatoms. The van der Waals surface area contributed by atoms with Gasteiger partial charge in [-0.15, -0.1) is 0 Å². The molecule has 0 aromatic heterocycles. The summed E-state index contributed by atoms with van der Waals surface area (Å²) in [6.07, 6.45) is 5.47. The van der Waals surface area contributed by atoms with Crippen LogP contribution in [-0.2, 0) is 0 Å². The fourth-order valence-electron chi connectivity index (χ4n) is 3.16. The topological polar surface area (TPSA) is 30.5 Å². The van der Waals surface area contributed by atoms with Gasteiger partial charge in [-0.25, -0.2) is 0 Å². The molecule has 3 nitrogen and oxygen atoms in total. The Hall–Kier alpha value is -1.22. The zero-order chi connectivity index (χ0) is 15.2. The summed E-state index contributed by atoms with van der Waals surface area (Å²) in [6.45, 7) is 5.66. The smallest absolute Gasteiger partial charge is 0.123 e. The highest BCUT2D eigenvalue weighted by Gasteiger charge is 2.19. The van der Waals surface area contributed by atoms with Crippen LogP contribution in [0.3, 0.4) is 0 Å². The monoisotopic (exact) mass is 291 g/mol. The predicted octanol–water partition coefficient (Wildman–Crippen LogP) is 4.18. The van der Waals surface area contributed by atoms with E-state index in [0.717, 1.165) is 29.9 Å². The summed E-state index contributed by atoms with van der Waals surface area (Å²) in [5.74, 6) is 3.54. The molecule has 0 radical (unpaired) electrons. The number of hydrogen-bond donors (Lipinski definition) is 1. The average molecular weight is 291 g/mol. The van der Waals surface area contributed by atoms with Gasteiger partial charge in [0.25, 0.3) is 0 Å². The minimum Gasteiger partial charge on any atom is -0.497 e. The lowest BCUT2D eigenvalue weighted by molar-refractivity contribution is 0.275. The summed E-state index contributed by atoms with van der Waals surface area (Å²) in [4.78, 5) is 0. The number of rotatable bonds is 6. The van der Waals surface area contributed by atoms with Gasteiger partial charge in [0.1, 0.15) is 11.5 Å². The molecule has 0 heterocycles. The van der Waals surface area contributed by atoms with Crippen LogP contribution in [0.15, 0.2) is 18.2 Å². The van der Waals surface area contributed by atoms with Crippen LogP contribution in [0.25, 0.3) is 0 Å². The molecule has 1 aromatic carbocycles. The van der Waals surface area contributed by atoms with Gasteiger partial charge in [-0.3, -0.25) is 0 Å². The van der Waals surface area contributed by atoms with Crippen molar-refractivity contribution in [2.24, 2.45) is 11.8 Å². The van der Waals surface area contributed by atoms with Crippen LogP contribution in [0.5, 0.6) is 11.5 Å². The summed E-state index contributed by atoms with van der Waals surface area (Å²) in [5, 5.41) is 3.67. The first-order valence-electron chi connectivity index (χ1n) is 8.09. The molecule has 2 rings (SSSR count). The molecule has 0 bridgehead atoms. The Labute approximate surface area is 129 Å². The van der Waals surface area contributed by atoms with Gasteiger partial charge >= 0.3 is 0 Å². The molecule has 0 aliphatic heterocycles. The van der Waals surface area contributed by atoms with E-state index in [1.807, 2.05) is 12.1 Å². The molecule has 21 heavy (non-hydrogen) atoms. The first-order valence-corrected chi connectivity index (χ1v) is 8.09. The van der Waals surface area contributed by atoms with Crippen molar-refractivity contribution in [3.8, 4) is 11.5 Å². The number of ether oxygens (including phenoxy) is 2. The Morgan fingerprint density at radius 3 is 2.48 bits per heavy atom. The third kappa shape index (κ3) is 4.37. The average Bonchev–Trinajstić information content (AvgIpc) is 2.53. The zero-order valence-electron chi connectivity index (χ0n) is 13.8. The van der Waals surface area contributed by atoms with Crippen LogP contribution in [0.1, 0.15) is 51.1 Å². The second-order valence-electron chi connectivity index (χ2n) is 6.36. The van der Waals surface area contributed by atoms with Gasteiger partial charge in [0.2, 0.25) is 0 Å². The fourth-order valence-corrected chi connectivity index (χ4v) is 3.16. The van der Waals surface area contributed by atoms with E-state index < -0.39 is 0 Å². The SMILES string of the molecule is COc1ccc(OC)c(C(C)NCC2CCC(C)CC2)c1. The molecular formula is C18H29NO2. The van der Waals surface area contributed by atoms with Crippen molar-refractivity contribution in [3.05, 3.63) is 23.8 Å². The number of hydrogen-bond acceptors (Lipinski definition) is 3. The van der Waals surface area contributed by atoms with Crippen LogP contribution in [-0.4, -0.2) is 20.8 Å². The van der Waals surface area contributed by atoms with E-state index in [2.05, 4.69) is 25.2 Å². The summed E-state index contributed by atoms with van der Waals surface area (Å²) in [6, 6.07) is 6.26. The largest absolute Gasteiger partial charge is 0.497 e. The minimum absolute atomic E-state index is 0.273. The normalized spacial score (nSPS) is 23.6. The Balaban J connectivity index is 1.94. The molecule has 1 saturated carbocycles. The molecule has 1 aromatic rings. The van der Waals surface area contributed by atoms with Gasteiger partial charge < -0.3 is 14.8 Å². The quantitative estimate of drug-likeness (QED) is 0.853. The molecule has 1 unspecified atom stereocenters. The fraction of sp³-hybridized carbons (Fsp3) is 0.667. The first-order chi connectivity index (χ1) is 10.1. The standard InChI is InChI=1S/C18H29NO2/c1-13-5-7-15(8-6-13)12-19-14(2)17-11-16(20-3)9-10-18(17)21-4/h9-11,13-15,19H,5-8,12H2,1-4H3. The Bertz CT molecular complexity index is 439. The highest BCUT2D eigenvalue weighted by Crippen LogP contribution is 2.31. The van der Waals surface area contributed by atoms with Crippen LogP contribution in [0.2, 0.25) is 0 Å². The lowest BCUT2D eigenvalue weighted by atomic mass is 9.83. The van der Waals surface area contributed by atoms with Gasteiger partial charge in [-0.1, -0.05) is 19.8 Å². The van der Waals surface area contributed by atoms with E-state index in [4.69, 9.17) is 9.47 Å². The van der Waals surface area contributed by atoms with Crippen molar-refractivity contribution in [2.75, 3.05) is 20.8 Å². The summed E-state index contributed by atoms with van der Waals surface area (Å²) >= 11 is 0. The molecule has 1 N–H and O–H groups in total. The predicted molar refractivity (Wildman–Crippen MR) is 87.1 cm³/mol. The van der Waals surface area contributed by atoms with Gasteiger partial charge in [0, 0.05) is 11.6 Å². The third-order valence-corrected chi connectivity index (χ3v) is 4.75. The zero-order valence-corrected chi connectivity index (χ0v) is 13.8. The van der Waals surface area contributed by atoms with Gasteiger partial charge in [0.15, 0.2) is 0 Å².